The summed E-state index contributed by atoms with van der Waals surface area (Å²) in [7, 11) is 5.79. The van der Waals surface area contributed by atoms with Crippen molar-refractivity contribution < 1.29 is 9.53 Å². The van der Waals surface area contributed by atoms with Crippen LogP contribution in [0.2, 0.25) is 0 Å². The Hall–Kier alpha value is -1.44. The first kappa shape index (κ1) is 19.9. The van der Waals surface area contributed by atoms with Crippen molar-refractivity contribution in [1.29, 1.82) is 0 Å². The largest absolute Gasteiger partial charge is 0.375 e. The maximum absolute atomic E-state index is 11.7. The third-order valence-electron chi connectivity index (χ3n) is 5.20. The highest BCUT2D eigenvalue weighted by atomic mass is 16.5. The number of ether oxygens (including phenoxy) is 1. The van der Waals surface area contributed by atoms with E-state index < -0.39 is 0 Å². The number of nitrogens with zero attached hydrogens (tertiary/aromatic N) is 4. The first-order valence-electron chi connectivity index (χ1n) is 9.11. The van der Waals surface area contributed by atoms with E-state index in [9.17, 15) is 4.79 Å². The van der Waals surface area contributed by atoms with Crippen LogP contribution in [0.3, 0.4) is 0 Å². The monoisotopic (exact) mass is 351 g/mol. The number of rotatable bonds is 8. The van der Waals surface area contributed by atoms with Crippen LogP contribution in [-0.4, -0.2) is 79.0 Å². The van der Waals surface area contributed by atoms with Gasteiger partial charge >= 0.3 is 0 Å². The van der Waals surface area contributed by atoms with Gasteiger partial charge in [0.15, 0.2) is 0 Å². The van der Waals surface area contributed by atoms with Crippen LogP contribution in [0.5, 0.6) is 0 Å². The molecule has 0 bridgehead atoms. The smallest absolute Gasteiger partial charge is 0.245 e. The standard InChI is InChI=1S/C18H33N5O2/c1-6-23-14(2)16(10-20-23)11-22-8-7-15(17(12-22)21(3)4)9-19-18(24)13-25-5/h10,15,17H,6-9,11-13H2,1-5H3,(H,19,24)/t15-,17-/m1/s1. The summed E-state index contributed by atoms with van der Waals surface area (Å²) < 4.78 is 6.94. The number of carbonyl (C=O) groups is 1. The van der Waals surface area contributed by atoms with E-state index in [-0.39, 0.29) is 12.5 Å². The second kappa shape index (κ2) is 9.31. The van der Waals surface area contributed by atoms with Crippen LogP contribution >= 0.6 is 0 Å². The second-order valence-electron chi connectivity index (χ2n) is 7.12. The van der Waals surface area contributed by atoms with Gasteiger partial charge in [0.2, 0.25) is 5.91 Å². The molecule has 142 valence electrons. The number of hydrogen-bond acceptors (Lipinski definition) is 5. The molecular formula is C18H33N5O2. The fourth-order valence-electron chi connectivity index (χ4n) is 3.64. The number of likely N-dealkylation sites (N-methyl/N-ethyl adjacent to an activating group) is 1. The molecule has 7 heteroatoms. The Morgan fingerprint density at radius 1 is 1.48 bits per heavy atom. The summed E-state index contributed by atoms with van der Waals surface area (Å²) in [4.78, 5) is 16.4. The van der Waals surface area contributed by atoms with Crippen LogP contribution < -0.4 is 5.32 Å². The topological polar surface area (TPSA) is 62.6 Å². The lowest BCUT2D eigenvalue weighted by atomic mass is 9.90. The summed E-state index contributed by atoms with van der Waals surface area (Å²) in [5.41, 5.74) is 2.57. The Bertz CT molecular complexity index is 558. The van der Waals surface area contributed by atoms with Gasteiger partial charge in [0, 0.05) is 50.6 Å². The van der Waals surface area contributed by atoms with Gasteiger partial charge in [-0.05, 0) is 46.8 Å². The van der Waals surface area contributed by atoms with Crippen molar-refractivity contribution in [2.24, 2.45) is 5.92 Å². The highest BCUT2D eigenvalue weighted by Gasteiger charge is 2.31. The van der Waals surface area contributed by atoms with E-state index in [1.54, 1.807) is 7.11 Å². The predicted octanol–water partition coefficient (Wildman–Crippen LogP) is 0.726. The molecule has 0 saturated carbocycles. The average molecular weight is 351 g/mol. The molecule has 25 heavy (non-hydrogen) atoms. The first-order valence-corrected chi connectivity index (χ1v) is 9.11. The number of nitrogens with one attached hydrogen (secondary N) is 1. The zero-order valence-electron chi connectivity index (χ0n) is 16.3. The lowest BCUT2D eigenvalue weighted by Gasteiger charge is -2.42. The molecule has 0 spiro atoms. The number of piperidine rings is 1. The van der Waals surface area contributed by atoms with Gasteiger partial charge < -0.3 is 15.0 Å². The van der Waals surface area contributed by atoms with E-state index in [1.807, 2.05) is 6.20 Å². The first-order chi connectivity index (χ1) is 12.0. The zero-order chi connectivity index (χ0) is 18.4. The Kier molecular flexibility index (Phi) is 7.40. The van der Waals surface area contributed by atoms with E-state index in [0.717, 1.165) is 32.6 Å². The molecule has 1 aromatic rings. The van der Waals surface area contributed by atoms with Crippen LogP contribution in [0, 0.1) is 12.8 Å². The molecule has 2 heterocycles. The highest BCUT2D eigenvalue weighted by molar-refractivity contribution is 5.77. The van der Waals surface area contributed by atoms with Gasteiger partial charge in [0.05, 0.1) is 6.20 Å². The van der Waals surface area contributed by atoms with Gasteiger partial charge in [0.1, 0.15) is 6.61 Å². The highest BCUT2D eigenvalue weighted by Crippen LogP contribution is 2.23. The van der Waals surface area contributed by atoms with Crippen molar-refractivity contribution in [2.75, 3.05) is 47.4 Å². The van der Waals surface area contributed by atoms with Crippen molar-refractivity contribution in [3.05, 3.63) is 17.5 Å². The molecule has 0 unspecified atom stereocenters. The molecule has 0 radical (unpaired) electrons. The van der Waals surface area contributed by atoms with Crippen molar-refractivity contribution in [1.82, 2.24) is 24.9 Å². The minimum Gasteiger partial charge on any atom is -0.375 e. The maximum atomic E-state index is 11.7. The Morgan fingerprint density at radius 2 is 2.24 bits per heavy atom. The van der Waals surface area contributed by atoms with E-state index >= 15 is 0 Å². The number of likely N-dealkylation sites (tertiary alicyclic amines) is 1. The van der Waals surface area contributed by atoms with Crippen molar-refractivity contribution in [3.63, 3.8) is 0 Å². The zero-order valence-corrected chi connectivity index (χ0v) is 16.3. The van der Waals surface area contributed by atoms with Gasteiger partial charge in [0.25, 0.3) is 0 Å². The quantitative estimate of drug-likeness (QED) is 0.748. The van der Waals surface area contributed by atoms with E-state index in [0.29, 0.717) is 18.5 Å². The molecule has 1 amide bonds. The summed E-state index contributed by atoms with van der Waals surface area (Å²) >= 11 is 0. The molecule has 1 aromatic heterocycles. The fourth-order valence-corrected chi connectivity index (χ4v) is 3.64. The van der Waals surface area contributed by atoms with Gasteiger partial charge in [-0.2, -0.15) is 5.10 Å². The minimum atomic E-state index is -0.0370. The van der Waals surface area contributed by atoms with Crippen LogP contribution in [0.1, 0.15) is 24.6 Å². The van der Waals surface area contributed by atoms with Gasteiger partial charge in [-0.3, -0.25) is 14.4 Å². The van der Waals surface area contributed by atoms with Gasteiger partial charge in [-0.25, -0.2) is 0 Å². The van der Waals surface area contributed by atoms with Crippen LogP contribution in [0.4, 0.5) is 0 Å². The molecule has 1 fully saturated rings. The molecule has 1 aliphatic heterocycles. The van der Waals surface area contributed by atoms with Gasteiger partial charge in [-0.15, -0.1) is 0 Å². The van der Waals surface area contributed by atoms with E-state index in [4.69, 9.17) is 4.74 Å². The SMILES string of the molecule is CCn1ncc(CN2CC[C@H](CNC(=O)COC)[C@H](N(C)C)C2)c1C. The van der Waals surface area contributed by atoms with Crippen LogP contribution in [0.15, 0.2) is 6.20 Å². The molecular weight excluding hydrogens is 318 g/mol. The number of methoxy groups -OCH3 is 1. The minimum absolute atomic E-state index is 0.0370. The molecule has 2 atom stereocenters. The molecule has 1 N–H and O–H groups in total. The number of hydrogen-bond donors (Lipinski definition) is 1. The third kappa shape index (κ3) is 5.26. The summed E-state index contributed by atoms with van der Waals surface area (Å²) in [6, 6.07) is 0.429. The predicted molar refractivity (Wildman–Crippen MR) is 98.4 cm³/mol. The summed E-state index contributed by atoms with van der Waals surface area (Å²) in [5.74, 6) is 0.427. The van der Waals surface area contributed by atoms with Gasteiger partial charge in [-0.1, -0.05) is 0 Å². The molecule has 0 aromatic carbocycles. The molecule has 1 saturated heterocycles. The van der Waals surface area contributed by atoms with E-state index in [2.05, 4.69) is 52.8 Å². The molecule has 0 aliphatic carbocycles. The Morgan fingerprint density at radius 3 is 2.84 bits per heavy atom. The molecule has 7 nitrogen and oxygen atoms in total. The van der Waals surface area contributed by atoms with Crippen molar-refractivity contribution in [2.45, 2.75) is 39.4 Å². The normalized spacial score (nSPS) is 21.7. The lowest BCUT2D eigenvalue weighted by molar-refractivity contribution is -0.125. The second-order valence-corrected chi connectivity index (χ2v) is 7.12. The Balaban J connectivity index is 1.93. The number of aryl methyl sites for hydroxylation is 1. The number of aromatic nitrogens is 2. The average Bonchev–Trinajstić information content (AvgIpc) is 2.93. The molecule has 1 aliphatic rings. The maximum Gasteiger partial charge on any atom is 0.245 e. The Labute approximate surface area is 151 Å². The fraction of sp³-hybridized carbons (Fsp3) is 0.778. The van der Waals surface area contributed by atoms with Crippen molar-refractivity contribution in [3.8, 4) is 0 Å². The number of amides is 1. The summed E-state index contributed by atoms with van der Waals surface area (Å²) in [6.07, 6.45) is 3.08. The molecule has 2 rings (SSSR count). The summed E-state index contributed by atoms with van der Waals surface area (Å²) in [6.45, 7) is 9.02. The third-order valence-corrected chi connectivity index (χ3v) is 5.20. The van der Waals surface area contributed by atoms with Crippen LogP contribution in [-0.2, 0) is 22.6 Å². The summed E-state index contributed by atoms with van der Waals surface area (Å²) in [5, 5.41) is 7.46. The van der Waals surface area contributed by atoms with E-state index in [1.165, 1.54) is 11.3 Å². The number of carbonyl (C=O) groups excluding carboxylic acids is 1. The van der Waals surface area contributed by atoms with Crippen LogP contribution in [0.25, 0.3) is 0 Å². The van der Waals surface area contributed by atoms with Crippen molar-refractivity contribution >= 4 is 5.91 Å². The lowest BCUT2D eigenvalue weighted by Crippen LogP contribution is -2.53.